The first kappa shape index (κ1) is 13.4. The highest BCUT2D eigenvalue weighted by Crippen LogP contribution is 2.21. The predicted octanol–water partition coefficient (Wildman–Crippen LogP) is 1.93. The van der Waals surface area contributed by atoms with E-state index in [9.17, 15) is 5.11 Å². The van der Waals surface area contributed by atoms with Gasteiger partial charge in [-0.3, -0.25) is 0 Å². The molecule has 1 fully saturated rings. The molecule has 2 unspecified atom stereocenters. The maximum absolute atomic E-state index is 9.23. The van der Waals surface area contributed by atoms with E-state index in [0.717, 1.165) is 25.9 Å². The Hall–Kier alpha value is -1.06. The van der Waals surface area contributed by atoms with Gasteiger partial charge in [-0.25, -0.2) is 0 Å². The number of nitrogens with one attached hydrogen (secondary N) is 1. The van der Waals surface area contributed by atoms with Crippen molar-refractivity contribution >= 4 is 5.69 Å². The Kier molecular flexibility index (Phi) is 4.61. The van der Waals surface area contributed by atoms with E-state index in [1.54, 1.807) is 0 Å². The van der Waals surface area contributed by atoms with Crippen LogP contribution in [0.2, 0.25) is 0 Å². The minimum Gasteiger partial charge on any atom is -0.396 e. The van der Waals surface area contributed by atoms with Crippen LogP contribution < -0.4 is 10.2 Å². The number of rotatable bonds is 3. The van der Waals surface area contributed by atoms with Gasteiger partial charge in [0.2, 0.25) is 0 Å². The van der Waals surface area contributed by atoms with Crippen molar-refractivity contribution in [3.63, 3.8) is 0 Å². The summed E-state index contributed by atoms with van der Waals surface area (Å²) in [5.41, 5.74) is 2.56. The Morgan fingerprint density at radius 2 is 2.06 bits per heavy atom. The molecule has 1 aliphatic heterocycles. The first-order valence-electron chi connectivity index (χ1n) is 6.88. The molecular formula is C15H24N2O. The lowest BCUT2D eigenvalue weighted by atomic mass is 10.1. The van der Waals surface area contributed by atoms with E-state index in [0.29, 0.717) is 12.1 Å². The summed E-state index contributed by atoms with van der Waals surface area (Å²) in [5, 5.41) is 12.8. The lowest BCUT2D eigenvalue weighted by molar-refractivity contribution is 0.272. The lowest BCUT2D eigenvalue weighted by Crippen LogP contribution is -2.41. The van der Waals surface area contributed by atoms with Crippen LogP contribution in [0.1, 0.15) is 25.3 Å². The molecule has 2 atom stereocenters. The van der Waals surface area contributed by atoms with Crippen LogP contribution in [0.3, 0.4) is 0 Å². The highest BCUT2D eigenvalue weighted by Gasteiger charge is 2.22. The van der Waals surface area contributed by atoms with Gasteiger partial charge in [0.25, 0.3) is 0 Å². The van der Waals surface area contributed by atoms with E-state index >= 15 is 0 Å². The van der Waals surface area contributed by atoms with Crippen LogP contribution in [0.15, 0.2) is 24.3 Å². The third-order valence-corrected chi connectivity index (χ3v) is 3.77. The van der Waals surface area contributed by atoms with Crippen LogP contribution >= 0.6 is 0 Å². The molecule has 3 heteroatoms. The fourth-order valence-corrected chi connectivity index (χ4v) is 2.55. The molecule has 1 aromatic rings. The van der Waals surface area contributed by atoms with E-state index in [4.69, 9.17) is 0 Å². The topological polar surface area (TPSA) is 35.5 Å². The molecule has 100 valence electrons. The van der Waals surface area contributed by atoms with E-state index in [-0.39, 0.29) is 6.61 Å². The summed E-state index contributed by atoms with van der Waals surface area (Å²) in [4.78, 5) is 2.44. The van der Waals surface area contributed by atoms with Crippen LogP contribution in [0.25, 0.3) is 0 Å². The fraction of sp³-hybridized carbons (Fsp3) is 0.600. The maximum Gasteiger partial charge on any atom is 0.0451 e. The van der Waals surface area contributed by atoms with E-state index in [1.165, 1.54) is 11.3 Å². The van der Waals surface area contributed by atoms with Crippen molar-refractivity contribution in [3.8, 4) is 0 Å². The van der Waals surface area contributed by atoms with E-state index in [2.05, 4.69) is 48.3 Å². The molecule has 0 spiro atoms. The van der Waals surface area contributed by atoms with Gasteiger partial charge in [0.1, 0.15) is 0 Å². The number of aryl methyl sites for hydroxylation is 1. The van der Waals surface area contributed by atoms with Gasteiger partial charge >= 0.3 is 0 Å². The normalized spacial score (nSPS) is 24.9. The Labute approximate surface area is 110 Å². The second kappa shape index (κ2) is 6.21. The van der Waals surface area contributed by atoms with Crippen LogP contribution in [-0.4, -0.2) is 36.9 Å². The molecule has 0 radical (unpaired) electrons. The Bertz CT molecular complexity index is 363. The molecule has 1 saturated heterocycles. The summed E-state index contributed by atoms with van der Waals surface area (Å²) >= 11 is 0. The van der Waals surface area contributed by atoms with Gasteiger partial charge in [0, 0.05) is 37.5 Å². The summed E-state index contributed by atoms with van der Waals surface area (Å²) in [6, 6.07) is 9.65. The van der Waals surface area contributed by atoms with Crippen molar-refractivity contribution in [2.75, 3.05) is 24.6 Å². The van der Waals surface area contributed by atoms with Crippen molar-refractivity contribution in [3.05, 3.63) is 29.8 Å². The van der Waals surface area contributed by atoms with Crippen LogP contribution in [-0.2, 0) is 0 Å². The van der Waals surface area contributed by atoms with Crippen molar-refractivity contribution < 1.29 is 5.11 Å². The molecule has 18 heavy (non-hydrogen) atoms. The van der Waals surface area contributed by atoms with Gasteiger partial charge in [-0.05, 0) is 38.8 Å². The highest BCUT2D eigenvalue weighted by molar-refractivity contribution is 5.48. The van der Waals surface area contributed by atoms with Crippen molar-refractivity contribution in [1.82, 2.24) is 5.32 Å². The average Bonchev–Trinajstić information content (AvgIpc) is 2.54. The van der Waals surface area contributed by atoms with Gasteiger partial charge in [-0.1, -0.05) is 17.7 Å². The first-order valence-corrected chi connectivity index (χ1v) is 6.88. The number of nitrogens with zero attached hydrogens (tertiary/aromatic N) is 1. The zero-order chi connectivity index (χ0) is 13.0. The molecule has 3 nitrogen and oxygen atoms in total. The van der Waals surface area contributed by atoms with E-state index in [1.807, 2.05) is 0 Å². The summed E-state index contributed by atoms with van der Waals surface area (Å²) in [6.07, 6.45) is 1.98. The standard InChI is InChI=1S/C15H24N2O/c1-12-3-5-14(6-4-12)17-9-7-13(2)16-11-15(17)8-10-18/h3-6,13,15-16,18H,7-11H2,1-2H3. The SMILES string of the molecule is Cc1ccc(N2CCC(C)NCC2CCO)cc1. The predicted molar refractivity (Wildman–Crippen MR) is 76.1 cm³/mol. The minimum atomic E-state index is 0.253. The number of benzene rings is 1. The van der Waals surface area contributed by atoms with Crippen LogP contribution in [0, 0.1) is 6.92 Å². The summed E-state index contributed by atoms with van der Waals surface area (Å²) in [5.74, 6) is 0. The van der Waals surface area contributed by atoms with Crippen LogP contribution in [0.5, 0.6) is 0 Å². The molecule has 0 amide bonds. The Morgan fingerprint density at radius 3 is 2.72 bits per heavy atom. The first-order chi connectivity index (χ1) is 8.70. The van der Waals surface area contributed by atoms with Gasteiger partial charge < -0.3 is 15.3 Å². The molecular weight excluding hydrogens is 224 g/mol. The third kappa shape index (κ3) is 3.24. The van der Waals surface area contributed by atoms with Crippen molar-refractivity contribution in [2.45, 2.75) is 38.8 Å². The largest absolute Gasteiger partial charge is 0.396 e. The summed E-state index contributed by atoms with van der Waals surface area (Å²) in [6.45, 7) is 6.61. The third-order valence-electron chi connectivity index (χ3n) is 3.77. The molecule has 1 aliphatic rings. The monoisotopic (exact) mass is 248 g/mol. The molecule has 0 bridgehead atoms. The molecule has 0 saturated carbocycles. The second-order valence-corrected chi connectivity index (χ2v) is 5.29. The summed E-state index contributed by atoms with van der Waals surface area (Å²) < 4.78 is 0. The molecule has 0 aliphatic carbocycles. The van der Waals surface area contributed by atoms with Crippen LogP contribution in [0.4, 0.5) is 5.69 Å². The highest BCUT2D eigenvalue weighted by atomic mass is 16.3. The average molecular weight is 248 g/mol. The minimum absolute atomic E-state index is 0.253. The zero-order valence-electron chi connectivity index (χ0n) is 11.4. The van der Waals surface area contributed by atoms with E-state index < -0.39 is 0 Å². The van der Waals surface area contributed by atoms with Gasteiger partial charge in [-0.15, -0.1) is 0 Å². The van der Waals surface area contributed by atoms with Crippen molar-refractivity contribution in [2.24, 2.45) is 0 Å². The zero-order valence-corrected chi connectivity index (χ0v) is 11.4. The second-order valence-electron chi connectivity index (χ2n) is 5.29. The lowest BCUT2D eigenvalue weighted by Gasteiger charge is -2.31. The number of hydrogen-bond donors (Lipinski definition) is 2. The quantitative estimate of drug-likeness (QED) is 0.858. The number of aliphatic hydroxyl groups is 1. The maximum atomic E-state index is 9.23. The Balaban J connectivity index is 2.17. The summed E-state index contributed by atoms with van der Waals surface area (Å²) in [7, 11) is 0. The van der Waals surface area contributed by atoms with Gasteiger partial charge in [0.15, 0.2) is 0 Å². The number of aliphatic hydroxyl groups excluding tert-OH is 1. The molecule has 1 aromatic carbocycles. The molecule has 2 N–H and O–H groups in total. The number of anilines is 1. The Morgan fingerprint density at radius 1 is 1.33 bits per heavy atom. The van der Waals surface area contributed by atoms with Gasteiger partial charge in [0.05, 0.1) is 0 Å². The number of hydrogen-bond acceptors (Lipinski definition) is 3. The molecule has 0 aromatic heterocycles. The molecule has 2 rings (SSSR count). The fourth-order valence-electron chi connectivity index (χ4n) is 2.55. The molecule has 1 heterocycles. The smallest absolute Gasteiger partial charge is 0.0451 e. The van der Waals surface area contributed by atoms with Crippen molar-refractivity contribution in [1.29, 1.82) is 0 Å². The van der Waals surface area contributed by atoms with Gasteiger partial charge in [-0.2, -0.15) is 0 Å².